The molecule has 5 heteroatoms. The van der Waals surface area contributed by atoms with E-state index in [4.69, 9.17) is 0 Å². The van der Waals surface area contributed by atoms with Gasteiger partial charge in [0.1, 0.15) is 6.04 Å². The standard InChI is InChI=1S/C18H18BrNO3/c19-15-9-5-4-8-14(15)12-16(18(22)23)20-17(21)11-10-13-6-2-1-3-7-13/h1-9,16H,10-12H2,(H,20,21)(H,22,23)/t16-/m1/s1. The van der Waals surface area contributed by atoms with E-state index < -0.39 is 12.0 Å². The number of rotatable bonds is 7. The maximum absolute atomic E-state index is 12.0. The summed E-state index contributed by atoms with van der Waals surface area (Å²) < 4.78 is 0.838. The maximum atomic E-state index is 12.0. The van der Waals surface area contributed by atoms with E-state index in [1.165, 1.54) is 0 Å². The third-order valence-corrected chi connectivity index (χ3v) is 4.27. The van der Waals surface area contributed by atoms with Crippen molar-refractivity contribution in [1.82, 2.24) is 5.32 Å². The second-order valence-electron chi connectivity index (χ2n) is 5.24. The summed E-state index contributed by atoms with van der Waals surface area (Å²) in [4.78, 5) is 23.4. The van der Waals surface area contributed by atoms with Gasteiger partial charge in [-0.1, -0.05) is 64.5 Å². The molecule has 0 heterocycles. The Morgan fingerprint density at radius 1 is 1.04 bits per heavy atom. The lowest BCUT2D eigenvalue weighted by Crippen LogP contribution is -2.42. The molecule has 0 aliphatic rings. The topological polar surface area (TPSA) is 66.4 Å². The number of carboxylic acid groups (broad SMARTS) is 1. The third kappa shape index (κ3) is 5.53. The van der Waals surface area contributed by atoms with Gasteiger partial charge in [0, 0.05) is 17.3 Å². The van der Waals surface area contributed by atoms with Gasteiger partial charge in [-0.25, -0.2) is 4.79 Å². The van der Waals surface area contributed by atoms with Gasteiger partial charge in [0.25, 0.3) is 0 Å². The molecule has 2 aromatic carbocycles. The van der Waals surface area contributed by atoms with Crippen LogP contribution in [0.2, 0.25) is 0 Å². The number of aliphatic carboxylic acids is 1. The van der Waals surface area contributed by atoms with Crippen LogP contribution in [0.15, 0.2) is 59.1 Å². The lowest BCUT2D eigenvalue weighted by molar-refractivity contribution is -0.141. The largest absolute Gasteiger partial charge is 0.480 e. The van der Waals surface area contributed by atoms with Crippen LogP contribution in [0.5, 0.6) is 0 Å². The van der Waals surface area contributed by atoms with Gasteiger partial charge in [-0.05, 0) is 23.6 Å². The highest BCUT2D eigenvalue weighted by molar-refractivity contribution is 9.10. The van der Waals surface area contributed by atoms with Crippen molar-refractivity contribution in [2.75, 3.05) is 0 Å². The fraction of sp³-hybridized carbons (Fsp3) is 0.222. The summed E-state index contributed by atoms with van der Waals surface area (Å²) in [6.07, 6.45) is 1.10. The van der Waals surface area contributed by atoms with Crippen LogP contribution in [0, 0.1) is 0 Å². The van der Waals surface area contributed by atoms with Crippen LogP contribution in [0.3, 0.4) is 0 Å². The van der Waals surface area contributed by atoms with Gasteiger partial charge >= 0.3 is 5.97 Å². The molecule has 0 aromatic heterocycles. The minimum atomic E-state index is -1.03. The number of amides is 1. The van der Waals surface area contributed by atoms with Crippen molar-refractivity contribution in [3.05, 3.63) is 70.2 Å². The predicted octanol–water partition coefficient (Wildman–Crippen LogP) is 3.19. The van der Waals surface area contributed by atoms with Gasteiger partial charge in [-0.3, -0.25) is 4.79 Å². The van der Waals surface area contributed by atoms with E-state index in [2.05, 4.69) is 21.2 Å². The molecule has 0 aliphatic heterocycles. The fourth-order valence-electron chi connectivity index (χ4n) is 2.25. The summed E-state index contributed by atoms with van der Waals surface area (Å²) in [7, 11) is 0. The summed E-state index contributed by atoms with van der Waals surface area (Å²) >= 11 is 3.40. The molecular formula is C18H18BrNO3. The fourth-order valence-corrected chi connectivity index (χ4v) is 2.70. The van der Waals surface area contributed by atoms with E-state index in [1.54, 1.807) is 0 Å². The Balaban J connectivity index is 1.92. The first-order valence-electron chi connectivity index (χ1n) is 7.36. The van der Waals surface area contributed by atoms with Crippen molar-refractivity contribution in [3.8, 4) is 0 Å². The van der Waals surface area contributed by atoms with E-state index in [0.717, 1.165) is 15.6 Å². The maximum Gasteiger partial charge on any atom is 0.326 e. The van der Waals surface area contributed by atoms with Crippen molar-refractivity contribution >= 4 is 27.8 Å². The van der Waals surface area contributed by atoms with Crippen LogP contribution in [0.1, 0.15) is 17.5 Å². The molecule has 0 radical (unpaired) electrons. The normalized spacial score (nSPS) is 11.7. The van der Waals surface area contributed by atoms with E-state index >= 15 is 0 Å². The summed E-state index contributed by atoms with van der Waals surface area (Å²) in [6.45, 7) is 0. The molecule has 0 saturated carbocycles. The number of halogens is 1. The van der Waals surface area contributed by atoms with Gasteiger partial charge in [0.05, 0.1) is 0 Å². The summed E-state index contributed by atoms with van der Waals surface area (Å²) in [5.74, 6) is -1.29. The van der Waals surface area contributed by atoms with Gasteiger partial charge in [-0.15, -0.1) is 0 Å². The molecule has 0 spiro atoms. The SMILES string of the molecule is O=C(CCc1ccccc1)N[C@H](Cc1ccccc1Br)C(=O)O. The lowest BCUT2D eigenvalue weighted by atomic mass is 10.1. The highest BCUT2D eigenvalue weighted by atomic mass is 79.9. The van der Waals surface area contributed by atoms with Crippen molar-refractivity contribution in [2.45, 2.75) is 25.3 Å². The molecule has 0 fully saturated rings. The first-order chi connectivity index (χ1) is 11.1. The lowest BCUT2D eigenvalue weighted by Gasteiger charge is -2.15. The van der Waals surface area contributed by atoms with Crippen LogP contribution < -0.4 is 5.32 Å². The molecule has 0 aliphatic carbocycles. The average Bonchev–Trinajstić information content (AvgIpc) is 2.55. The Labute approximate surface area is 143 Å². The molecule has 1 atom stereocenters. The van der Waals surface area contributed by atoms with Crippen molar-refractivity contribution < 1.29 is 14.7 Å². The number of carboxylic acids is 1. The third-order valence-electron chi connectivity index (χ3n) is 3.50. The minimum Gasteiger partial charge on any atom is -0.480 e. The van der Waals surface area contributed by atoms with E-state index in [-0.39, 0.29) is 18.7 Å². The zero-order valence-corrected chi connectivity index (χ0v) is 14.1. The van der Waals surface area contributed by atoms with Crippen molar-refractivity contribution in [3.63, 3.8) is 0 Å². The molecule has 0 saturated heterocycles. The molecule has 4 nitrogen and oxygen atoms in total. The van der Waals surface area contributed by atoms with Gasteiger partial charge in [0.2, 0.25) is 5.91 Å². The Morgan fingerprint density at radius 2 is 1.70 bits per heavy atom. The highest BCUT2D eigenvalue weighted by Gasteiger charge is 2.21. The average molecular weight is 376 g/mol. The van der Waals surface area contributed by atoms with Crippen LogP contribution in [-0.4, -0.2) is 23.0 Å². The summed E-state index contributed by atoms with van der Waals surface area (Å²) in [5, 5.41) is 11.9. The number of nitrogens with one attached hydrogen (secondary N) is 1. The van der Waals surface area contributed by atoms with Crippen molar-refractivity contribution in [1.29, 1.82) is 0 Å². The molecule has 23 heavy (non-hydrogen) atoms. The number of aryl methyl sites for hydroxylation is 1. The van der Waals surface area contributed by atoms with Crippen LogP contribution in [0.4, 0.5) is 0 Å². The number of hydrogen-bond donors (Lipinski definition) is 2. The monoisotopic (exact) mass is 375 g/mol. The second-order valence-corrected chi connectivity index (χ2v) is 6.09. The van der Waals surface area contributed by atoms with Gasteiger partial charge < -0.3 is 10.4 Å². The smallest absolute Gasteiger partial charge is 0.326 e. The van der Waals surface area contributed by atoms with Crippen LogP contribution >= 0.6 is 15.9 Å². The van der Waals surface area contributed by atoms with Crippen LogP contribution in [-0.2, 0) is 22.4 Å². The minimum absolute atomic E-state index is 0.244. The number of carbonyl (C=O) groups is 2. The molecule has 2 aromatic rings. The Hall–Kier alpha value is -2.14. The molecule has 0 unspecified atom stereocenters. The second kappa shape index (κ2) is 8.48. The van der Waals surface area contributed by atoms with E-state index in [1.807, 2.05) is 54.6 Å². The van der Waals surface area contributed by atoms with E-state index in [0.29, 0.717) is 6.42 Å². The molecule has 2 rings (SSSR count). The predicted molar refractivity (Wildman–Crippen MR) is 92.2 cm³/mol. The Bertz CT molecular complexity index is 673. The molecular weight excluding hydrogens is 358 g/mol. The first-order valence-corrected chi connectivity index (χ1v) is 8.15. The van der Waals surface area contributed by atoms with Crippen LogP contribution in [0.25, 0.3) is 0 Å². The summed E-state index contributed by atoms with van der Waals surface area (Å²) in [6, 6.07) is 16.1. The Morgan fingerprint density at radius 3 is 2.35 bits per heavy atom. The zero-order valence-electron chi connectivity index (χ0n) is 12.5. The van der Waals surface area contributed by atoms with Gasteiger partial charge in [0.15, 0.2) is 0 Å². The number of benzene rings is 2. The van der Waals surface area contributed by atoms with E-state index in [9.17, 15) is 14.7 Å². The molecule has 2 N–H and O–H groups in total. The first kappa shape index (κ1) is 17.2. The molecule has 120 valence electrons. The molecule has 0 bridgehead atoms. The summed E-state index contributed by atoms with van der Waals surface area (Å²) in [5.41, 5.74) is 1.91. The Kier molecular flexibility index (Phi) is 6.35. The number of carbonyl (C=O) groups excluding carboxylic acids is 1. The van der Waals surface area contributed by atoms with Gasteiger partial charge in [-0.2, -0.15) is 0 Å². The highest BCUT2D eigenvalue weighted by Crippen LogP contribution is 2.17. The van der Waals surface area contributed by atoms with Crippen molar-refractivity contribution in [2.24, 2.45) is 0 Å². The zero-order chi connectivity index (χ0) is 16.7. The quantitative estimate of drug-likeness (QED) is 0.780. The number of hydrogen-bond acceptors (Lipinski definition) is 2. The molecule has 1 amide bonds.